The lowest BCUT2D eigenvalue weighted by Crippen LogP contribution is -2.30. The van der Waals surface area contributed by atoms with Crippen molar-refractivity contribution in [1.29, 1.82) is 0 Å². The standard InChI is InChI=1S/C39H36N4O7S2/c1-4-50-34(44)22-29-24-51-39(41-29)43-38(47)35(25-12-7-5-8-13-25)52-31-17-11-16-28(21-31)40-37(46)32(42-36(45)26-14-9-6-10-15-26)20-27-18-19-30(48-2)23-33(27)49-3/h5-21,23-24,35H,4,22H2,1-3H3,(H,40,46)(H,42,45)(H,41,43,47)/b32-20+. The second-order valence-electron chi connectivity index (χ2n) is 11.0. The van der Waals surface area contributed by atoms with E-state index < -0.39 is 23.0 Å². The van der Waals surface area contributed by atoms with Crippen LogP contribution in [0.3, 0.4) is 0 Å². The highest BCUT2D eigenvalue weighted by Crippen LogP contribution is 2.37. The molecule has 11 nitrogen and oxygen atoms in total. The lowest BCUT2D eigenvalue weighted by molar-refractivity contribution is -0.142. The van der Waals surface area contributed by atoms with Gasteiger partial charge in [-0.3, -0.25) is 19.2 Å². The molecule has 1 heterocycles. The molecule has 5 aromatic rings. The molecule has 13 heteroatoms. The van der Waals surface area contributed by atoms with Crippen LogP contribution >= 0.6 is 23.1 Å². The molecule has 0 fully saturated rings. The second kappa shape index (κ2) is 18.4. The lowest BCUT2D eigenvalue weighted by atomic mass is 10.1. The van der Waals surface area contributed by atoms with Crippen molar-refractivity contribution in [1.82, 2.24) is 10.3 Å². The van der Waals surface area contributed by atoms with Crippen LogP contribution in [0.4, 0.5) is 10.8 Å². The summed E-state index contributed by atoms with van der Waals surface area (Å²) >= 11 is 2.51. The van der Waals surface area contributed by atoms with Gasteiger partial charge in [0, 0.05) is 33.2 Å². The highest BCUT2D eigenvalue weighted by atomic mass is 32.2. The number of aromatic nitrogens is 1. The number of anilines is 2. The van der Waals surface area contributed by atoms with E-state index in [9.17, 15) is 19.2 Å². The molecule has 5 rings (SSSR count). The maximum atomic E-state index is 13.8. The Kier molecular flexibility index (Phi) is 13.2. The van der Waals surface area contributed by atoms with Gasteiger partial charge in [-0.05, 0) is 61.0 Å². The van der Waals surface area contributed by atoms with Gasteiger partial charge in [-0.2, -0.15) is 0 Å². The predicted octanol–water partition coefficient (Wildman–Crippen LogP) is 7.15. The number of carbonyl (C=O) groups excluding carboxylic acids is 4. The van der Waals surface area contributed by atoms with Gasteiger partial charge in [-0.1, -0.05) is 54.6 Å². The van der Waals surface area contributed by atoms with Crippen molar-refractivity contribution in [2.75, 3.05) is 31.5 Å². The van der Waals surface area contributed by atoms with E-state index in [1.54, 1.807) is 79.0 Å². The summed E-state index contributed by atoms with van der Waals surface area (Å²) in [6.07, 6.45) is 1.54. The van der Waals surface area contributed by atoms with Gasteiger partial charge >= 0.3 is 5.97 Å². The summed E-state index contributed by atoms with van der Waals surface area (Å²) in [5.74, 6) is -0.750. The average molecular weight is 737 g/mol. The Labute approximate surface area is 309 Å². The largest absolute Gasteiger partial charge is 0.497 e. The van der Waals surface area contributed by atoms with E-state index >= 15 is 0 Å². The van der Waals surface area contributed by atoms with E-state index in [4.69, 9.17) is 14.2 Å². The van der Waals surface area contributed by atoms with Gasteiger partial charge in [0.05, 0.1) is 32.9 Å². The van der Waals surface area contributed by atoms with E-state index in [2.05, 4.69) is 20.9 Å². The summed E-state index contributed by atoms with van der Waals surface area (Å²) in [4.78, 5) is 57.7. The van der Waals surface area contributed by atoms with Gasteiger partial charge in [-0.25, -0.2) is 4.98 Å². The third kappa shape index (κ3) is 10.3. The Balaban J connectivity index is 1.37. The maximum Gasteiger partial charge on any atom is 0.311 e. The van der Waals surface area contributed by atoms with Crippen LogP contribution in [0.2, 0.25) is 0 Å². The van der Waals surface area contributed by atoms with Crippen LogP contribution in [0, 0.1) is 0 Å². The summed E-state index contributed by atoms with van der Waals surface area (Å²) in [6, 6.07) is 30.0. The Morgan fingerprint density at radius 1 is 0.865 bits per heavy atom. The topological polar surface area (TPSA) is 145 Å². The fourth-order valence-electron chi connectivity index (χ4n) is 4.89. The van der Waals surface area contributed by atoms with Gasteiger partial charge in [0.2, 0.25) is 5.91 Å². The number of amides is 3. The van der Waals surface area contributed by atoms with Crippen molar-refractivity contribution in [3.63, 3.8) is 0 Å². The molecule has 266 valence electrons. The molecule has 1 unspecified atom stereocenters. The third-order valence-electron chi connectivity index (χ3n) is 7.37. The molecule has 4 aromatic carbocycles. The molecule has 0 spiro atoms. The van der Waals surface area contributed by atoms with E-state index in [1.807, 2.05) is 36.4 Å². The molecule has 0 saturated carbocycles. The van der Waals surface area contributed by atoms with Crippen LogP contribution in [0.1, 0.15) is 39.4 Å². The Morgan fingerprint density at radius 2 is 1.62 bits per heavy atom. The number of thioether (sulfide) groups is 1. The summed E-state index contributed by atoms with van der Waals surface area (Å²) in [6.45, 7) is 2.01. The minimum atomic E-state index is -0.687. The second-order valence-corrected chi connectivity index (χ2v) is 13.0. The molecule has 52 heavy (non-hydrogen) atoms. The molecule has 0 aliphatic heterocycles. The minimum absolute atomic E-state index is 0.00999. The highest BCUT2D eigenvalue weighted by Gasteiger charge is 2.24. The predicted molar refractivity (Wildman–Crippen MR) is 203 cm³/mol. The van der Waals surface area contributed by atoms with Gasteiger partial charge in [0.1, 0.15) is 22.4 Å². The van der Waals surface area contributed by atoms with Crippen LogP contribution in [-0.2, 0) is 25.5 Å². The molecule has 3 N–H and O–H groups in total. The van der Waals surface area contributed by atoms with Crippen LogP contribution in [0.25, 0.3) is 6.08 Å². The number of nitrogens with zero attached hydrogens (tertiary/aromatic N) is 1. The molecular formula is C39H36N4O7S2. The van der Waals surface area contributed by atoms with Gasteiger partial charge in [0.25, 0.3) is 11.8 Å². The summed E-state index contributed by atoms with van der Waals surface area (Å²) in [5.41, 5.74) is 2.58. The number of nitrogens with one attached hydrogen (secondary N) is 3. The van der Waals surface area contributed by atoms with Crippen molar-refractivity contribution in [3.05, 3.63) is 137 Å². The number of ether oxygens (including phenoxy) is 3. The molecule has 0 bridgehead atoms. The number of hydrogen-bond donors (Lipinski definition) is 3. The van der Waals surface area contributed by atoms with Crippen molar-refractivity contribution >= 4 is 63.7 Å². The Bertz CT molecular complexity index is 2050. The quantitative estimate of drug-likeness (QED) is 0.0580. The Morgan fingerprint density at radius 3 is 2.33 bits per heavy atom. The number of methoxy groups -OCH3 is 2. The SMILES string of the molecule is CCOC(=O)Cc1csc(NC(=O)C(Sc2cccc(NC(=O)/C(=C\c3ccc(OC)cc3OC)NC(=O)c3ccccc3)c2)c2ccccc2)n1. The first kappa shape index (κ1) is 37.3. The summed E-state index contributed by atoms with van der Waals surface area (Å²) < 4.78 is 15.8. The molecule has 1 aromatic heterocycles. The van der Waals surface area contributed by atoms with E-state index in [1.165, 1.54) is 43.4 Å². The maximum absolute atomic E-state index is 13.8. The molecule has 0 aliphatic rings. The highest BCUT2D eigenvalue weighted by molar-refractivity contribution is 8.00. The number of esters is 1. The molecule has 0 radical (unpaired) electrons. The number of carbonyl (C=O) groups is 4. The lowest BCUT2D eigenvalue weighted by Gasteiger charge is -2.17. The zero-order chi connectivity index (χ0) is 36.9. The number of hydrogen-bond acceptors (Lipinski definition) is 10. The smallest absolute Gasteiger partial charge is 0.311 e. The average Bonchev–Trinajstić information content (AvgIpc) is 3.60. The zero-order valence-corrected chi connectivity index (χ0v) is 30.2. The first-order valence-corrected chi connectivity index (χ1v) is 17.9. The van der Waals surface area contributed by atoms with Gasteiger partial charge in [-0.15, -0.1) is 23.1 Å². The number of rotatable bonds is 15. The summed E-state index contributed by atoms with van der Waals surface area (Å²) in [7, 11) is 3.04. The van der Waals surface area contributed by atoms with Crippen LogP contribution in [0.5, 0.6) is 11.5 Å². The van der Waals surface area contributed by atoms with Crippen molar-refractivity contribution in [2.45, 2.75) is 23.5 Å². The molecular weight excluding hydrogens is 701 g/mol. The molecule has 1 atom stereocenters. The minimum Gasteiger partial charge on any atom is -0.497 e. The normalized spacial score (nSPS) is 11.6. The first-order chi connectivity index (χ1) is 25.3. The van der Waals surface area contributed by atoms with Crippen LogP contribution in [0.15, 0.2) is 119 Å². The first-order valence-electron chi connectivity index (χ1n) is 16.1. The number of thiazole rings is 1. The van der Waals surface area contributed by atoms with Crippen LogP contribution < -0.4 is 25.4 Å². The van der Waals surface area contributed by atoms with E-state index in [0.717, 1.165) is 5.56 Å². The molecule has 0 aliphatic carbocycles. The van der Waals surface area contributed by atoms with Crippen molar-refractivity contribution < 1.29 is 33.4 Å². The zero-order valence-electron chi connectivity index (χ0n) is 28.6. The monoisotopic (exact) mass is 736 g/mol. The van der Waals surface area contributed by atoms with E-state index in [-0.39, 0.29) is 24.6 Å². The fraction of sp³-hybridized carbons (Fsp3) is 0.154. The molecule has 3 amide bonds. The Hall–Kier alpha value is -5.92. The summed E-state index contributed by atoms with van der Waals surface area (Å²) in [5, 5.41) is 9.88. The fourth-order valence-corrected chi connectivity index (χ4v) is 6.69. The van der Waals surface area contributed by atoms with E-state index in [0.29, 0.717) is 44.0 Å². The van der Waals surface area contributed by atoms with Crippen molar-refractivity contribution in [3.8, 4) is 11.5 Å². The third-order valence-corrected chi connectivity index (χ3v) is 9.42. The van der Waals surface area contributed by atoms with Gasteiger partial charge in [0.15, 0.2) is 5.13 Å². The number of benzene rings is 4. The van der Waals surface area contributed by atoms with Crippen LogP contribution in [-0.4, -0.2) is 49.5 Å². The van der Waals surface area contributed by atoms with Crippen molar-refractivity contribution in [2.24, 2.45) is 0 Å². The van der Waals surface area contributed by atoms with Gasteiger partial charge < -0.3 is 30.2 Å². The molecule has 0 saturated heterocycles.